The molecule has 1 heterocycles. The van der Waals surface area contributed by atoms with E-state index >= 15 is 0 Å². The van der Waals surface area contributed by atoms with Crippen LogP contribution in [0.5, 0.6) is 5.75 Å². The van der Waals surface area contributed by atoms with Crippen LogP contribution in [0.3, 0.4) is 0 Å². The van der Waals surface area contributed by atoms with Crippen LogP contribution in [0.1, 0.15) is 34.6 Å². The number of hydrogen-bond donors (Lipinski definition) is 1. The lowest BCUT2D eigenvalue weighted by atomic mass is 10.1. The molecule has 1 N–H and O–H groups in total. The van der Waals surface area contributed by atoms with E-state index in [0.717, 1.165) is 17.9 Å². The van der Waals surface area contributed by atoms with Gasteiger partial charge in [-0.15, -0.1) is 0 Å². The van der Waals surface area contributed by atoms with Crippen molar-refractivity contribution in [2.45, 2.75) is 19.6 Å². The summed E-state index contributed by atoms with van der Waals surface area (Å²) in [6.45, 7) is 1.92. The van der Waals surface area contributed by atoms with Crippen molar-refractivity contribution in [3.05, 3.63) is 99.9 Å². The van der Waals surface area contributed by atoms with Gasteiger partial charge in [0.2, 0.25) is 11.2 Å². The number of carbonyl (C=O) groups excluding carboxylic acids is 1. The molecule has 0 spiro atoms. The molecule has 0 aliphatic rings. The molecule has 0 saturated carbocycles. The van der Waals surface area contributed by atoms with Gasteiger partial charge >= 0.3 is 0 Å². The molecule has 5 nitrogen and oxygen atoms in total. The topological polar surface area (TPSA) is 68.5 Å². The van der Waals surface area contributed by atoms with E-state index in [2.05, 4.69) is 5.32 Å². The Labute approximate surface area is 155 Å². The second-order valence-electron chi connectivity index (χ2n) is 5.99. The van der Waals surface area contributed by atoms with Crippen LogP contribution in [0.25, 0.3) is 0 Å². The van der Waals surface area contributed by atoms with Gasteiger partial charge in [-0.3, -0.25) is 9.59 Å². The third-order valence-corrected chi connectivity index (χ3v) is 3.98. The predicted octanol–water partition coefficient (Wildman–Crippen LogP) is 3.85. The first kappa shape index (κ1) is 18.4. The lowest BCUT2D eigenvalue weighted by Gasteiger charge is -2.13. The van der Waals surface area contributed by atoms with Crippen molar-refractivity contribution in [1.29, 1.82) is 0 Å². The molecule has 0 aliphatic heterocycles. The van der Waals surface area contributed by atoms with Gasteiger partial charge in [0.1, 0.15) is 18.7 Å². The quantitative estimate of drug-likeness (QED) is 0.719. The summed E-state index contributed by atoms with van der Waals surface area (Å²) in [5.41, 5.74) is 1.17. The molecule has 1 unspecified atom stereocenters. The predicted molar refractivity (Wildman–Crippen MR) is 98.0 cm³/mol. The van der Waals surface area contributed by atoms with Crippen molar-refractivity contribution in [3.8, 4) is 5.75 Å². The summed E-state index contributed by atoms with van der Waals surface area (Å²) >= 11 is 0. The van der Waals surface area contributed by atoms with Crippen LogP contribution < -0.4 is 15.5 Å². The van der Waals surface area contributed by atoms with Crippen molar-refractivity contribution in [2.24, 2.45) is 0 Å². The Balaban J connectivity index is 1.64. The average Bonchev–Trinajstić information content (AvgIpc) is 2.69. The SMILES string of the molecule is CC(NC(=O)c1cc(=O)c(OCc2ccc(F)cc2)co1)c1ccccc1. The number of nitrogens with one attached hydrogen (secondary N) is 1. The molecule has 1 atom stereocenters. The maximum Gasteiger partial charge on any atom is 0.287 e. The summed E-state index contributed by atoms with van der Waals surface area (Å²) in [7, 11) is 0. The smallest absolute Gasteiger partial charge is 0.287 e. The first-order chi connectivity index (χ1) is 13.0. The van der Waals surface area contributed by atoms with E-state index in [-0.39, 0.29) is 30.0 Å². The van der Waals surface area contributed by atoms with Crippen LogP contribution in [0.15, 0.2) is 76.1 Å². The summed E-state index contributed by atoms with van der Waals surface area (Å²) < 4.78 is 23.5. The Kier molecular flexibility index (Phi) is 5.66. The Morgan fingerprint density at radius 3 is 2.52 bits per heavy atom. The first-order valence-corrected chi connectivity index (χ1v) is 8.39. The minimum atomic E-state index is -0.492. The van der Waals surface area contributed by atoms with Crippen molar-refractivity contribution >= 4 is 5.91 Å². The third-order valence-electron chi connectivity index (χ3n) is 3.98. The van der Waals surface area contributed by atoms with Crippen molar-refractivity contribution < 1.29 is 18.3 Å². The molecule has 0 radical (unpaired) electrons. The second-order valence-corrected chi connectivity index (χ2v) is 5.99. The molecule has 0 saturated heterocycles. The normalized spacial score (nSPS) is 11.6. The van der Waals surface area contributed by atoms with E-state index in [4.69, 9.17) is 9.15 Å². The minimum absolute atomic E-state index is 0.0213. The lowest BCUT2D eigenvalue weighted by molar-refractivity contribution is 0.0908. The molecule has 6 heteroatoms. The summed E-state index contributed by atoms with van der Waals surface area (Å²) in [5, 5.41) is 2.77. The Morgan fingerprint density at radius 2 is 1.85 bits per heavy atom. The highest BCUT2D eigenvalue weighted by Crippen LogP contribution is 2.14. The van der Waals surface area contributed by atoms with Gasteiger partial charge in [0.05, 0.1) is 6.04 Å². The van der Waals surface area contributed by atoms with Crippen LogP contribution >= 0.6 is 0 Å². The average molecular weight is 367 g/mol. The molecule has 27 heavy (non-hydrogen) atoms. The van der Waals surface area contributed by atoms with E-state index in [1.165, 1.54) is 12.1 Å². The van der Waals surface area contributed by atoms with Crippen molar-refractivity contribution in [3.63, 3.8) is 0 Å². The number of rotatable bonds is 6. The molecule has 3 aromatic rings. The number of ether oxygens (including phenoxy) is 1. The summed E-state index contributed by atoms with van der Waals surface area (Å²) in [6, 6.07) is 16.0. The first-order valence-electron chi connectivity index (χ1n) is 8.39. The zero-order valence-electron chi connectivity index (χ0n) is 14.6. The van der Waals surface area contributed by atoms with Gasteiger partial charge in [-0.1, -0.05) is 42.5 Å². The zero-order valence-corrected chi connectivity index (χ0v) is 14.6. The van der Waals surface area contributed by atoms with E-state index in [0.29, 0.717) is 5.56 Å². The van der Waals surface area contributed by atoms with Gasteiger partial charge in [-0.05, 0) is 30.2 Å². The van der Waals surface area contributed by atoms with Gasteiger partial charge in [-0.25, -0.2) is 4.39 Å². The van der Waals surface area contributed by atoms with Gasteiger partial charge in [0.15, 0.2) is 5.76 Å². The maximum absolute atomic E-state index is 12.9. The molecule has 1 aromatic heterocycles. The molecule has 138 valence electrons. The van der Waals surface area contributed by atoms with Gasteiger partial charge in [0, 0.05) is 6.07 Å². The molecule has 0 bridgehead atoms. The fraction of sp³-hybridized carbons (Fsp3) is 0.143. The molecule has 3 rings (SSSR count). The minimum Gasteiger partial charge on any atom is -0.482 e. The largest absolute Gasteiger partial charge is 0.482 e. The monoisotopic (exact) mass is 367 g/mol. The molecule has 0 aliphatic carbocycles. The summed E-state index contributed by atoms with van der Waals surface area (Å²) in [6.07, 6.45) is 1.11. The number of amides is 1. The highest BCUT2D eigenvalue weighted by atomic mass is 19.1. The standard InChI is InChI=1S/C21H18FNO4/c1-14(16-5-3-2-4-6-16)23-21(25)19-11-18(24)20(13-27-19)26-12-15-7-9-17(22)10-8-15/h2-11,13-14H,12H2,1H3,(H,23,25). The van der Waals surface area contributed by atoms with Gasteiger partial charge in [-0.2, -0.15) is 0 Å². The summed E-state index contributed by atoms with van der Waals surface area (Å²) in [4.78, 5) is 24.4. The Hall–Kier alpha value is -3.41. The van der Waals surface area contributed by atoms with Crippen molar-refractivity contribution in [2.75, 3.05) is 0 Å². The van der Waals surface area contributed by atoms with Crippen LogP contribution in [-0.4, -0.2) is 5.91 Å². The van der Waals surface area contributed by atoms with Crippen molar-refractivity contribution in [1.82, 2.24) is 5.32 Å². The Morgan fingerprint density at radius 1 is 1.15 bits per heavy atom. The highest BCUT2D eigenvalue weighted by molar-refractivity contribution is 5.91. The maximum atomic E-state index is 12.9. The van der Waals surface area contributed by atoms with E-state index < -0.39 is 11.3 Å². The lowest BCUT2D eigenvalue weighted by Crippen LogP contribution is -2.27. The fourth-order valence-electron chi connectivity index (χ4n) is 2.46. The number of halogens is 1. The van der Waals surface area contributed by atoms with E-state index in [9.17, 15) is 14.0 Å². The van der Waals surface area contributed by atoms with E-state index in [1.807, 2.05) is 37.3 Å². The zero-order chi connectivity index (χ0) is 19.2. The number of carbonyl (C=O) groups is 1. The van der Waals surface area contributed by atoms with Gasteiger partial charge in [0.25, 0.3) is 5.91 Å². The Bertz CT molecular complexity index is 967. The molecular formula is C21H18FNO4. The second kappa shape index (κ2) is 8.31. The molecule has 2 aromatic carbocycles. The highest BCUT2D eigenvalue weighted by Gasteiger charge is 2.15. The molecule has 1 amide bonds. The van der Waals surface area contributed by atoms with Gasteiger partial charge < -0.3 is 14.5 Å². The fourth-order valence-corrected chi connectivity index (χ4v) is 2.46. The molecular weight excluding hydrogens is 349 g/mol. The van der Waals surface area contributed by atoms with Crippen LogP contribution in [0.2, 0.25) is 0 Å². The number of hydrogen-bond acceptors (Lipinski definition) is 4. The van der Waals surface area contributed by atoms with Crippen LogP contribution in [0, 0.1) is 5.82 Å². The van der Waals surface area contributed by atoms with Crippen LogP contribution in [-0.2, 0) is 6.61 Å². The van der Waals surface area contributed by atoms with Crippen LogP contribution in [0.4, 0.5) is 4.39 Å². The number of benzene rings is 2. The summed E-state index contributed by atoms with van der Waals surface area (Å²) in [5.74, 6) is -0.962. The third kappa shape index (κ3) is 4.82. The van der Waals surface area contributed by atoms with E-state index in [1.54, 1.807) is 12.1 Å². The molecule has 0 fully saturated rings.